The van der Waals surface area contributed by atoms with Crippen LogP contribution in [-0.2, 0) is 0 Å². The Morgan fingerprint density at radius 1 is 0.868 bits per heavy atom. The van der Waals surface area contributed by atoms with E-state index in [9.17, 15) is 4.39 Å². The highest BCUT2D eigenvalue weighted by atomic mass is 19.1. The molecule has 8 heteroatoms. The van der Waals surface area contributed by atoms with E-state index in [1.165, 1.54) is 32.4 Å². The molecule has 7 nitrogen and oxygen atoms in total. The Hall–Kier alpha value is -4.43. The fourth-order valence-electron chi connectivity index (χ4n) is 4.35. The summed E-state index contributed by atoms with van der Waals surface area (Å²) < 4.78 is 16.5. The van der Waals surface area contributed by atoms with Crippen LogP contribution in [0.2, 0.25) is 0 Å². The number of likely N-dealkylation sites (tertiary alicyclic amines) is 1. The van der Waals surface area contributed by atoms with Crippen molar-refractivity contribution < 1.29 is 4.39 Å². The van der Waals surface area contributed by atoms with Gasteiger partial charge in [0.15, 0.2) is 5.82 Å². The van der Waals surface area contributed by atoms with Crippen LogP contribution in [0, 0.1) is 5.82 Å². The Labute approximate surface area is 221 Å². The molecule has 0 spiro atoms. The van der Waals surface area contributed by atoms with Crippen molar-refractivity contribution in [1.29, 1.82) is 0 Å². The van der Waals surface area contributed by atoms with E-state index in [2.05, 4.69) is 43.8 Å². The standard InChI is InChI=1S/C24H17FN6.C6H13N/c1-2-18-9-10-19(12-26-18)29-24-28-13-20(25)23(30-24)21-14-27-22-11-8-17(15-31(21)22)16-6-4-3-5-7-16;1-7-5-3-2-4-6-7/h2-15H,1H2,(H,28,29,30);2-6H2,1H3. The molecule has 0 unspecified atom stereocenters. The van der Waals surface area contributed by atoms with E-state index < -0.39 is 5.82 Å². The molecular weight excluding hydrogens is 477 g/mol. The van der Waals surface area contributed by atoms with E-state index in [0.717, 1.165) is 23.0 Å². The lowest BCUT2D eigenvalue weighted by molar-refractivity contribution is 0.277. The van der Waals surface area contributed by atoms with Crippen LogP contribution < -0.4 is 5.32 Å². The number of hydrogen-bond acceptors (Lipinski definition) is 6. The Morgan fingerprint density at radius 3 is 2.37 bits per heavy atom. The average molecular weight is 508 g/mol. The Kier molecular flexibility index (Phi) is 7.80. The third-order valence-corrected chi connectivity index (χ3v) is 6.43. The lowest BCUT2D eigenvalue weighted by Gasteiger charge is -2.20. The van der Waals surface area contributed by atoms with Crippen LogP contribution in [0.4, 0.5) is 16.0 Å². The number of nitrogens with zero attached hydrogens (tertiary/aromatic N) is 6. The molecule has 0 aliphatic carbocycles. The van der Waals surface area contributed by atoms with Crippen LogP contribution in [0.25, 0.3) is 34.2 Å². The summed E-state index contributed by atoms with van der Waals surface area (Å²) in [6.07, 6.45) is 12.3. The molecule has 5 heterocycles. The van der Waals surface area contributed by atoms with E-state index in [1.54, 1.807) is 18.5 Å². The van der Waals surface area contributed by atoms with E-state index in [4.69, 9.17) is 0 Å². The zero-order valence-corrected chi connectivity index (χ0v) is 21.4. The lowest BCUT2D eigenvalue weighted by atomic mass is 10.1. The molecule has 38 heavy (non-hydrogen) atoms. The summed E-state index contributed by atoms with van der Waals surface area (Å²) in [4.78, 5) is 19.5. The first kappa shape index (κ1) is 25.2. The van der Waals surface area contributed by atoms with Gasteiger partial charge in [-0.1, -0.05) is 43.3 Å². The predicted octanol–water partition coefficient (Wildman–Crippen LogP) is 6.48. The number of anilines is 2. The first-order valence-electron chi connectivity index (χ1n) is 12.7. The first-order chi connectivity index (χ1) is 18.6. The summed E-state index contributed by atoms with van der Waals surface area (Å²) in [5.74, 6) is -0.267. The minimum Gasteiger partial charge on any atom is -0.323 e. The summed E-state index contributed by atoms with van der Waals surface area (Å²) in [7, 11) is 2.19. The molecular formula is C30H30FN7. The van der Waals surface area contributed by atoms with Gasteiger partial charge in [-0.3, -0.25) is 9.38 Å². The van der Waals surface area contributed by atoms with Crippen molar-refractivity contribution in [2.75, 3.05) is 25.5 Å². The second-order valence-electron chi connectivity index (χ2n) is 9.21. The monoisotopic (exact) mass is 507 g/mol. The lowest BCUT2D eigenvalue weighted by Crippen LogP contribution is -2.24. The minimum atomic E-state index is -0.530. The molecule has 1 aliphatic rings. The van der Waals surface area contributed by atoms with Crippen molar-refractivity contribution in [3.05, 3.63) is 97.5 Å². The average Bonchev–Trinajstić information content (AvgIpc) is 3.39. The highest BCUT2D eigenvalue weighted by Crippen LogP contribution is 2.26. The molecule has 192 valence electrons. The summed E-state index contributed by atoms with van der Waals surface area (Å²) in [6.45, 7) is 6.33. The first-order valence-corrected chi connectivity index (χ1v) is 12.7. The Bertz CT molecular complexity index is 1510. The second-order valence-corrected chi connectivity index (χ2v) is 9.21. The number of hydrogen-bond donors (Lipinski definition) is 1. The van der Waals surface area contributed by atoms with Crippen LogP contribution >= 0.6 is 0 Å². The van der Waals surface area contributed by atoms with Crippen molar-refractivity contribution in [2.24, 2.45) is 0 Å². The Balaban J connectivity index is 0.000000366. The molecule has 0 radical (unpaired) electrons. The van der Waals surface area contributed by atoms with Gasteiger partial charge in [-0.05, 0) is 74.4 Å². The Morgan fingerprint density at radius 2 is 1.68 bits per heavy atom. The maximum atomic E-state index is 14.7. The number of nitrogens with one attached hydrogen (secondary N) is 1. The number of pyridine rings is 2. The van der Waals surface area contributed by atoms with Gasteiger partial charge < -0.3 is 10.2 Å². The molecule has 5 aromatic rings. The van der Waals surface area contributed by atoms with Crippen LogP contribution in [-0.4, -0.2) is 49.4 Å². The maximum absolute atomic E-state index is 14.7. The third-order valence-electron chi connectivity index (χ3n) is 6.43. The third kappa shape index (κ3) is 5.92. The summed E-state index contributed by atoms with van der Waals surface area (Å²) in [6, 6.07) is 17.5. The molecule has 1 N–H and O–H groups in total. The fraction of sp³-hybridized carbons (Fsp3) is 0.200. The van der Waals surface area contributed by atoms with Gasteiger partial charge in [0, 0.05) is 6.20 Å². The topological polar surface area (TPSA) is 71.2 Å². The molecule has 0 atom stereocenters. The van der Waals surface area contributed by atoms with E-state index in [-0.39, 0.29) is 11.6 Å². The number of rotatable bonds is 5. The summed E-state index contributed by atoms with van der Waals surface area (Å²) in [5, 5.41) is 3.05. The van der Waals surface area contributed by atoms with E-state index in [1.807, 2.05) is 65.2 Å². The SMILES string of the molecule is C=Cc1ccc(Nc2ncc(F)c(-c3cnc4ccc(-c5ccccc5)cn34)n2)cn1.CN1CCCCC1. The highest BCUT2D eigenvalue weighted by molar-refractivity contribution is 5.68. The second kappa shape index (κ2) is 11.7. The van der Waals surface area contributed by atoms with Gasteiger partial charge in [0.25, 0.3) is 0 Å². The number of aromatic nitrogens is 5. The largest absolute Gasteiger partial charge is 0.323 e. The van der Waals surface area contributed by atoms with Gasteiger partial charge in [-0.2, -0.15) is 0 Å². The van der Waals surface area contributed by atoms with Crippen LogP contribution in [0.15, 0.2) is 86.0 Å². The van der Waals surface area contributed by atoms with Gasteiger partial charge in [0.05, 0.1) is 35.7 Å². The van der Waals surface area contributed by atoms with Gasteiger partial charge >= 0.3 is 0 Å². The van der Waals surface area contributed by atoms with Crippen molar-refractivity contribution in [3.8, 4) is 22.5 Å². The predicted molar refractivity (Wildman–Crippen MR) is 151 cm³/mol. The van der Waals surface area contributed by atoms with Crippen LogP contribution in [0.1, 0.15) is 25.0 Å². The van der Waals surface area contributed by atoms with Crippen molar-refractivity contribution in [1.82, 2.24) is 29.2 Å². The normalized spacial score (nSPS) is 13.5. The number of benzene rings is 1. The quantitative estimate of drug-likeness (QED) is 0.294. The highest BCUT2D eigenvalue weighted by Gasteiger charge is 2.15. The molecule has 1 saturated heterocycles. The van der Waals surface area contributed by atoms with Gasteiger partial charge in [0.2, 0.25) is 5.95 Å². The van der Waals surface area contributed by atoms with Crippen molar-refractivity contribution >= 4 is 23.4 Å². The molecule has 0 saturated carbocycles. The molecule has 1 aromatic carbocycles. The van der Waals surface area contributed by atoms with Gasteiger partial charge in [-0.15, -0.1) is 0 Å². The molecule has 0 amide bonds. The molecule has 0 bridgehead atoms. The molecule has 1 fully saturated rings. The minimum absolute atomic E-state index is 0.158. The molecule has 6 rings (SSSR count). The zero-order valence-electron chi connectivity index (χ0n) is 21.4. The smallest absolute Gasteiger partial charge is 0.228 e. The van der Waals surface area contributed by atoms with E-state index >= 15 is 0 Å². The van der Waals surface area contributed by atoms with Crippen molar-refractivity contribution in [3.63, 3.8) is 0 Å². The van der Waals surface area contributed by atoms with Gasteiger partial charge in [0.1, 0.15) is 11.3 Å². The maximum Gasteiger partial charge on any atom is 0.228 e. The molecule has 1 aliphatic heterocycles. The van der Waals surface area contributed by atoms with Gasteiger partial charge in [-0.25, -0.2) is 19.3 Å². The van der Waals surface area contributed by atoms with E-state index in [0.29, 0.717) is 17.0 Å². The zero-order chi connectivity index (χ0) is 26.3. The molecule has 4 aromatic heterocycles. The number of halogens is 1. The number of piperidine rings is 1. The summed E-state index contributed by atoms with van der Waals surface area (Å²) >= 11 is 0. The summed E-state index contributed by atoms with van der Waals surface area (Å²) in [5.41, 5.74) is 4.89. The van der Waals surface area contributed by atoms with Crippen LogP contribution in [0.3, 0.4) is 0 Å². The fourth-order valence-corrected chi connectivity index (χ4v) is 4.35. The van der Waals surface area contributed by atoms with Crippen LogP contribution in [0.5, 0.6) is 0 Å². The number of imidazole rings is 1. The number of fused-ring (bicyclic) bond motifs is 1. The van der Waals surface area contributed by atoms with Crippen molar-refractivity contribution in [2.45, 2.75) is 19.3 Å².